The molecule has 4 fully saturated rings. The summed E-state index contributed by atoms with van der Waals surface area (Å²) >= 11 is 0. The number of aliphatic hydroxyl groups is 4. The molecule has 0 aromatic carbocycles. The molecule has 6 rings (SSSR count). The van der Waals surface area contributed by atoms with E-state index in [4.69, 9.17) is 14.2 Å². The molecule has 0 aromatic heterocycles. The Kier molecular flexibility index (Phi) is 5.36. The molecule has 4 N–H and O–H groups in total. The van der Waals surface area contributed by atoms with Crippen molar-refractivity contribution in [3.63, 3.8) is 0 Å². The fourth-order valence-corrected chi connectivity index (χ4v) is 8.86. The van der Waals surface area contributed by atoms with Crippen molar-refractivity contribution >= 4 is 11.8 Å². The molecule has 9 heteroatoms. The molecule has 2 aliphatic carbocycles. The van der Waals surface area contributed by atoms with Crippen molar-refractivity contribution < 1.29 is 44.2 Å². The number of carbonyl (C=O) groups excluding carboxylic acids is 2. The molecular formula is C28H38O9. The minimum Gasteiger partial charge on any atom is -0.456 e. The van der Waals surface area contributed by atoms with Crippen molar-refractivity contribution in [1.82, 2.24) is 0 Å². The largest absolute Gasteiger partial charge is 0.456 e. The molecule has 1 spiro atoms. The summed E-state index contributed by atoms with van der Waals surface area (Å²) < 4.78 is 18.6. The first-order valence-electron chi connectivity index (χ1n) is 13.5. The summed E-state index contributed by atoms with van der Waals surface area (Å²) in [4.78, 5) is 25.9. The van der Waals surface area contributed by atoms with Gasteiger partial charge in [-0.2, -0.15) is 0 Å². The highest BCUT2D eigenvalue weighted by molar-refractivity contribution is 5.97. The Balaban J connectivity index is 1.40. The summed E-state index contributed by atoms with van der Waals surface area (Å²) in [6.07, 6.45) is 1.83. The summed E-state index contributed by atoms with van der Waals surface area (Å²) in [7, 11) is 0. The topological polar surface area (TPSA) is 143 Å². The summed E-state index contributed by atoms with van der Waals surface area (Å²) in [5.74, 6) is -3.90. The van der Waals surface area contributed by atoms with Crippen LogP contribution in [0.3, 0.4) is 0 Å². The Morgan fingerprint density at radius 1 is 1.03 bits per heavy atom. The highest BCUT2D eigenvalue weighted by atomic mass is 16.7. The Bertz CT molecular complexity index is 1110. The number of cyclic esters (lactones) is 1. The summed E-state index contributed by atoms with van der Waals surface area (Å²) in [5, 5.41) is 46.2. The van der Waals surface area contributed by atoms with Crippen LogP contribution in [0.1, 0.15) is 72.6 Å². The number of ketones is 1. The van der Waals surface area contributed by atoms with Gasteiger partial charge in [0, 0.05) is 30.3 Å². The number of hydrogen-bond acceptors (Lipinski definition) is 9. The number of carbonyl (C=O) groups is 2. The third-order valence-corrected chi connectivity index (χ3v) is 11.3. The summed E-state index contributed by atoms with van der Waals surface area (Å²) in [6.45, 7) is 7.16. The Hall–Kier alpha value is -1.62. The van der Waals surface area contributed by atoms with E-state index in [2.05, 4.69) is 0 Å². The third kappa shape index (κ3) is 3.01. The van der Waals surface area contributed by atoms with Gasteiger partial charge < -0.3 is 34.6 Å². The first-order chi connectivity index (χ1) is 17.2. The van der Waals surface area contributed by atoms with Gasteiger partial charge in [0.25, 0.3) is 0 Å². The fraction of sp³-hybridized carbons (Fsp3) is 0.786. The van der Waals surface area contributed by atoms with Crippen LogP contribution in [0.2, 0.25) is 0 Å². The smallest absolute Gasteiger partial charge is 0.334 e. The minimum absolute atomic E-state index is 0.0762. The lowest BCUT2D eigenvalue weighted by Gasteiger charge is -2.60. The van der Waals surface area contributed by atoms with Crippen molar-refractivity contribution in [2.45, 2.75) is 114 Å². The average molecular weight is 519 g/mol. The second-order valence-electron chi connectivity index (χ2n) is 12.8. The number of allylic oxidation sites excluding steroid dienone is 1. The molecule has 3 saturated heterocycles. The lowest BCUT2D eigenvalue weighted by Crippen LogP contribution is -2.70. The van der Waals surface area contributed by atoms with Crippen LogP contribution in [-0.4, -0.2) is 73.3 Å². The normalized spacial score (nSPS) is 55.2. The lowest BCUT2D eigenvalue weighted by molar-refractivity contribution is -0.357. The van der Waals surface area contributed by atoms with Gasteiger partial charge in [0.2, 0.25) is 0 Å². The SMILES string of the molecule is CC1=C(C)C(=O)O[C@@H]([C@]2(C)OC(O)[C@@]34CC[C@H]5[C@@H](C[C@@H](O)[C@@]6(O)CC=CC(=O)[C@]56C)[C@@](O)(CC[C@H]23)O4)C1. The Labute approximate surface area is 216 Å². The van der Waals surface area contributed by atoms with Crippen LogP contribution in [0.5, 0.6) is 0 Å². The Morgan fingerprint density at radius 2 is 1.76 bits per heavy atom. The lowest BCUT2D eigenvalue weighted by atomic mass is 9.48. The van der Waals surface area contributed by atoms with Crippen LogP contribution in [-0.2, 0) is 23.8 Å². The number of rotatable bonds is 1. The molecule has 0 aromatic rings. The molecule has 11 atom stereocenters. The van der Waals surface area contributed by atoms with Gasteiger partial charge in [-0.1, -0.05) is 11.6 Å². The standard InChI is InChI=1S/C28H38O9/c1-14-12-21(35-22(31)15(14)2)25(4)18-8-11-28(34)17-13-20(30)27(33)9-5-6-19(29)24(27,3)16(17)7-10-26(18,37-28)23(32)36-25/h5-6,16-18,20-21,23,30,32-34H,7-13H2,1-4H3/t16-,17+,18+,20+,21+,23?,24-,25+,26+,27-,28+/m0/s1. The van der Waals surface area contributed by atoms with E-state index in [0.717, 1.165) is 5.57 Å². The van der Waals surface area contributed by atoms with Crippen LogP contribution < -0.4 is 0 Å². The Morgan fingerprint density at radius 3 is 2.46 bits per heavy atom. The van der Waals surface area contributed by atoms with Gasteiger partial charge in [-0.15, -0.1) is 0 Å². The molecule has 4 heterocycles. The van der Waals surface area contributed by atoms with E-state index in [1.54, 1.807) is 19.9 Å². The van der Waals surface area contributed by atoms with E-state index in [9.17, 15) is 30.0 Å². The molecule has 1 unspecified atom stereocenters. The maximum Gasteiger partial charge on any atom is 0.334 e. The van der Waals surface area contributed by atoms with Crippen molar-refractivity contribution in [2.24, 2.45) is 23.2 Å². The molecule has 4 aliphatic heterocycles. The molecule has 2 bridgehead atoms. The monoisotopic (exact) mass is 518 g/mol. The van der Waals surface area contributed by atoms with Crippen LogP contribution in [0.4, 0.5) is 0 Å². The van der Waals surface area contributed by atoms with Crippen LogP contribution >= 0.6 is 0 Å². The molecule has 0 radical (unpaired) electrons. The number of esters is 1. The van der Waals surface area contributed by atoms with E-state index in [0.29, 0.717) is 24.8 Å². The van der Waals surface area contributed by atoms with Gasteiger partial charge in [-0.05, 0) is 71.8 Å². The van der Waals surface area contributed by atoms with Gasteiger partial charge in [0.15, 0.2) is 17.9 Å². The van der Waals surface area contributed by atoms with Gasteiger partial charge in [0.1, 0.15) is 22.9 Å². The van der Waals surface area contributed by atoms with Gasteiger partial charge >= 0.3 is 5.97 Å². The second-order valence-corrected chi connectivity index (χ2v) is 12.8. The zero-order valence-electron chi connectivity index (χ0n) is 21.9. The first-order valence-corrected chi connectivity index (χ1v) is 13.5. The number of hydrogen-bond donors (Lipinski definition) is 4. The third-order valence-electron chi connectivity index (χ3n) is 11.3. The van der Waals surface area contributed by atoms with Gasteiger partial charge in [-0.3, -0.25) is 4.79 Å². The van der Waals surface area contributed by atoms with E-state index >= 15 is 0 Å². The molecule has 6 aliphatic rings. The van der Waals surface area contributed by atoms with E-state index < -0.39 is 70.2 Å². The summed E-state index contributed by atoms with van der Waals surface area (Å²) in [5.41, 5.74) is -3.83. The molecular weight excluding hydrogens is 480 g/mol. The highest BCUT2D eigenvalue weighted by Gasteiger charge is 2.75. The van der Waals surface area contributed by atoms with Crippen LogP contribution in [0, 0.1) is 23.2 Å². The minimum atomic E-state index is -1.73. The van der Waals surface area contributed by atoms with E-state index in [-0.39, 0.29) is 31.5 Å². The maximum atomic E-state index is 13.3. The molecule has 1 saturated carbocycles. The fourth-order valence-electron chi connectivity index (χ4n) is 8.86. The predicted molar refractivity (Wildman–Crippen MR) is 129 cm³/mol. The maximum absolute atomic E-state index is 13.3. The highest BCUT2D eigenvalue weighted by Crippen LogP contribution is 2.66. The van der Waals surface area contributed by atoms with Crippen molar-refractivity contribution in [2.75, 3.05) is 0 Å². The number of aliphatic hydroxyl groups excluding tert-OH is 2. The summed E-state index contributed by atoms with van der Waals surface area (Å²) in [6, 6.07) is 0. The zero-order valence-corrected chi connectivity index (χ0v) is 21.9. The molecule has 0 amide bonds. The molecule has 37 heavy (non-hydrogen) atoms. The van der Waals surface area contributed by atoms with Crippen molar-refractivity contribution in [3.8, 4) is 0 Å². The van der Waals surface area contributed by atoms with Crippen LogP contribution in [0.15, 0.2) is 23.3 Å². The number of fused-ring (bicyclic) bond motifs is 5. The quantitative estimate of drug-likeness (QED) is 0.381. The van der Waals surface area contributed by atoms with Gasteiger partial charge in [0.05, 0.1) is 11.5 Å². The first kappa shape index (κ1) is 25.6. The molecule has 9 nitrogen and oxygen atoms in total. The second kappa shape index (κ2) is 7.73. The van der Waals surface area contributed by atoms with E-state index in [1.807, 2.05) is 13.8 Å². The van der Waals surface area contributed by atoms with Crippen LogP contribution in [0.25, 0.3) is 0 Å². The number of ether oxygens (including phenoxy) is 3. The predicted octanol–water partition coefficient (Wildman–Crippen LogP) is 1.66. The van der Waals surface area contributed by atoms with E-state index in [1.165, 1.54) is 6.08 Å². The zero-order chi connectivity index (χ0) is 26.8. The van der Waals surface area contributed by atoms with Crippen molar-refractivity contribution in [3.05, 3.63) is 23.3 Å². The van der Waals surface area contributed by atoms with Crippen molar-refractivity contribution in [1.29, 1.82) is 0 Å². The van der Waals surface area contributed by atoms with Gasteiger partial charge in [-0.25, -0.2) is 4.79 Å². The average Bonchev–Trinajstić information content (AvgIpc) is 2.99. The molecule has 204 valence electrons.